The molecule has 0 aliphatic heterocycles. The second-order valence-corrected chi connectivity index (χ2v) is 5.12. The van der Waals surface area contributed by atoms with Crippen LogP contribution >= 0.6 is 0 Å². The Morgan fingerprint density at radius 3 is 2.68 bits per heavy atom. The third-order valence-electron chi connectivity index (χ3n) is 3.02. The molecule has 1 amide bonds. The van der Waals surface area contributed by atoms with Crippen molar-refractivity contribution in [1.82, 2.24) is 5.43 Å². The summed E-state index contributed by atoms with van der Waals surface area (Å²) in [6.07, 6.45) is 1.38. The van der Waals surface area contributed by atoms with E-state index in [0.717, 1.165) is 5.56 Å². The minimum absolute atomic E-state index is 0.169. The first kappa shape index (κ1) is 18.0. The lowest BCUT2D eigenvalue weighted by Crippen LogP contribution is -2.24. The fourth-order valence-electron chi connectivity index (χ4n) is 1.92. The molecule has 7 nitrogen and oxygen atoms in total. The lowest BCUT2D eigenvalue weighted by molar-refractivity contribution is -0.139. The number of aryl methyl sites for hydroxylation is 1. The first-order valence-electron chi connectivity index (χ1n) is 7.49. The zero-order valence-corrected chi connectivity index (χ0v) is 13.6. The van der Waals surface area contributed by atoms with Gasteiger partial charge < -0.3 is 14.6 Å². The van der Waals surface area contributed by atoms with E-state index in [2.05, 4.69) is 10.5 Å². The Balaban J connectivity index is 1.86. The molecule has 0 saturated carbocycles. The third kappa shape index (κ3) is 6.34. The van der Waals surface area contributed by atoms with Crippen molar-refractivity contribution < 1.29 is 24.2 Å². The molecule has 2 rings (SSSR count). The van der Waals surface area contributed by atoms with Crippen LogP contribution in [0.5, 0.6) is 11.5 Å². The number of carboxylic acids is 1. The molecule has 2 N–H and O–H groups in total. The van der Waals surface area contributed by atoms with Crippen LogP contribution in [-0.2, 0) is 9.59 Å². The number of hydrazone groups is 1. The fraction of sp³-hybridized carbons (Fsp3) is 0.167. The average Bonchev–Trinajstić information content (AvgIpc) is 2.59. The van der Waals surface area contributed by atoms with Gasteiger partial charge in [-0.2, -0.15) is 5.10 Å². The smallest absolute Gasteiger partial charge is 0.341 e. The molecule has 0 fully saturated rings. The maximum atomic E-state index is 11.7. The zero-order valence-electron chi connectivity index (χ0n) is 13.6. The highest BCUT2D eigenvalue weighted by atomic mass is 16.5. The van der Waals surface area contributed by atoms with Gasteiger partial charge in [0.05, 0.1) is 6.21 Å². The second-order valence-electron chi connectivity index (χ2n) is 5.12. The van der Waals surface area contributed by atoms with Crippen LogP contribution in [0, 0.1) is 6.92 Å². The molecule has 0 aliphatic carbocycles. The predicted octanol–water partition coefficient (Wildman–Crippen LogP) is 1.99. The van der Waals surface area contributed by atoms with Crippen LogP contribution in [0.15, 0.2) is 53.6 Å². The minimum atomic E-state index is -1.08. The van der Waals surface area contributed by atoms with Crippen molar-refractivity contribution in [1.29, 1.82) is 0 Å². The number of para-hydroxylation sites is 1. The van der Waals surface area contributed by atoms with Crippen LogP contribution in [0.3, 0.4) is 0 Å². The SMILES string of the molecule is Cc1cccc(OCC(=O)N/N=C/c2ccccc2OCC(=O)O)c1. The van der Waals surface area contributed by atoms with Gasteiger partial charge >= 0.3 is 5.97 Å². The summed E-state index contributed by atoms with van der Waals surface area (Å²) in [7, 11) is 0. The Hall–Kier alpha value is -3.35. The largest absolute Gasteiger partial charge is 0.484 e. The number of carbonyl (C=O) groups is 2. The van der Waals surface area contributed by atoms with Crippen LogP contribution < -0.4 is 14.9 Å². The van der Waals surface area contributed by atoms with Gasteiger partial charge in [0.25, 0.3) is 5.91 Å². The summed E-state index contributed by atoms with van der Waals surface area (Å²) >= 11 is 0. The highest BCUT2D eigenvalue weighted by Gasteiger charge is 2.04. The standard InChI is InChI=1S/C18H18N2O5/c1-13-5-4-7-15(9-13)24-11-17(21)20-19-10-14-6-2-3-8-16(14)25-12-18(22)23/h2-10H,11-12H2,1H3,(H,20,21)(H,22,23)/b19-10+. The summed E-state index contributed by atoms with van der Waals surface area (Å²) in [5.41, 5.74) is 3.92. The Kier molecular flexibility index (Phi) is 6.53. The number of aliphatic carboxylic acids is 1. The Morgan fingerprint density at radius 2 is 1.92 bits per heavy atom. The molecule has 0 atom stereocenters. The van der Waals surface area contributed by atoms with Crippen molar-refractivity contribution >= 4 is 18.1 Å². The molecular formula is C18H18N2O5. The van der Waals surface area contributed by atoms with E-state index in [4.69, 9.17) is 14.6 Å². The summed E-state index contributed by atoms with van der Waals surface area (Å²) in [4.78, 5) is 22.3. The highest BCUT2D eigenvalue weighted by Crippen LogP contribution is 2.15. The van der Waals surface area contributed by atoms with Crippen molar-refractivity contribution in [3.8, 4) is 11.5 Å². The number of nitrogens with zero attached hydrogens (tertiary/aromatic N) is 1. The summed E-state index contributed by atoms with van der Waals surface area (Å²) < 4.78 is 10.5. The van der Waals surface area contributed by atoms with E-state index < -0.39 is 18.5 Å². The Bertz CT molecular complexity index is 774. The number of amides is 1. The second kappa shape index (κ2) is 9.07. The van der Waals surface area contributed by atoms with E-state index in [1.54, 1.807) is 30.3 Å². The van der Waals surface area contributed by atoms with Gasteiger partial charge in [-0.3, -0.25) is 4.79 Å². The van der Waals surface area contributed by atoms with Crippen LogP contribution in [0.1, 0.15) is 11.1 Å². The molecular weight excluding hydrogens is 324 g/mol. The monoisotopic (exact) mass is 342 g/mol. The first-order chi connectivity index (χ1) is 12.0. The van der Waals surface area contributed by atoms with E-state index in [0.29, 0.717) is 17.1 Å². The molecule has 25 heavy (non-hydrogen) atoms. The molecule has 0 saturated heterocycles. The van der Waals surface area contributed by atoms with E-state index in [-0.39, 0.29) is 6.61 Å². The topological polar surface area (TPSA) is 97.2 Å². The summed E-state index contributed by atoms with van der Waals surface area (Å²) in [6, 6.07) is 14.1. The number of ether oxygens (including phenoxy) is 2. The number of hydrogen-bond donors (Lipinski definition) is 2. The van der Waals surface area contributed by atoms with Crippen molar-refractivity contribution in [3.05, 3.63) is 59.7 Å². The van der Waals surface area contributed by atoms with Crippen LogP contribution in [0.25, 0.3) is 0 Å². The van der Waals surface area contributed by atoms with Gasteiger partial charge in [0.15, 0.2) is 13.2 Å². The predicted molar refractivity (Wildman–Crippen MR) is 92.0 cm³/mol. The van der Waals surface area contributed by atoms with Crippen molar-refractivity contribution in [2.75, 3.05) is 13.2 Å². The molecule has 0 unspecified atom stereocenters. The molecule has 0 aromatic heterocycles. The van der Waals surface area contributed by atoms with E-state index in [1.165, 1.54) is 6.21 Å². The maximum Gasteiger partial charge on any atom is 0.341 e. The van der Waals surface area contributed by atoms with Gasteiger partial charge in [-0.1, -0.05) is 24.3 Å². The van der Waals surface area contributed by atoms with Crippen molar-refractivity contribution in [3.63, 3.8) is 0 Å². The number of hydrogen-bond acceptors (Lipinski definition) is 5. The Morgan fingerprint density at radius 1 is 1.12 bits per heavy atom. The molecule has 0 bridgehead atoms. The molecule has 0 heterocycles. The van der Waals surface area contributed by atoms with Gasteiger partial charge in [-0.15, -0.1) is 0 Å². The normalized spacial score (nSPS) is 10.4. The van der Waals surface area contributed by atoms with Crippen molar-refractivity contribution in [2.24, 2.45) is 5.10 Å². The zero-order chi connectivity index (χ0) is 18.1. The van der Waals surface area contributed by atoms with Gasteiger partial charge in [0.1, 0.15) is 11.5 Å². The molecule has 0 radical (unpaired) electrons. The number of carbonyl (C=O) groups excluding carboxylic acids is 1. The number of benzene rings is 2. The molecule has 0 aliphatic rings. The number of rotatable bonds is 8. The van der Waals surface area contributed by atoms with Crippen molar-refractivity contribution in [2.45, 2.75) is 6.92 Å². The third-order valence-corrected chi connectivity index (χ3v) is 3.02. The summed E-state index contributed by atoms with van der Waals surface area (Å²) in [6.45, 7) is 1.31. The van der Waals surface area contributed by atoms with E-state index in [1.807, 2.05) is 25.1 Å². The van der Waals surface area contributed by atoms with E-state index in [9.17, 15) is 9.59 Å². The van der Waals surface area contributed by atoms with Gasteiger partial charge in [0, 0.05) is 5.56 Å². The van der Waals surface area contributed by atoms with Gasteiger partial charge in [-0.05, 0) is 36.8 Å². The van der Waals surface area contributed by atoms with Gasteiger partial charge in [0.2, 0.25) is 0 Å². The lowest BCUT2D eigenvalue weighted by Gasteiger charge is -2.07. The molecule has 130 valence electrons. The maximum absolute atomic E-state index is 11.7. The molecule has 2 aromatic carbocycles. The Labute approximate surface area is 144 Å². The van der Waals surface area contributed by atoms with E-state index >= 15 is 0 Å². The summed E-state index contributed by atoms with van der Waals surface area (Å²) in [5.74, 6) is -0.527. The first-order valence-corrected chi connectivity index (χ1v) is 7.49. The lowest BCUT2D eigenvalue weighted by atomic mass is 10.2. The van der Waals surface area contributed by atoms with Crippen LogP contribution in [0.2, 0.25) is 0 Å². The molecule has 0 spiro atoms. The number of nitrogens with one attached hydrogen (secondary N) is 1. The highest BCUT2D eigenvalue weighted by molar-refractivity contribution is 5.85. The fourth-order valence-corrected chi connectivity index (χ4v) is 1.92. The van der Waals surface area contributed by atoms with Gasteiger partial charge in [-0.25, -0.2) is 10.2 Å². The minimum Gasteiger partial charge on any atom is -0.484 e. The average molecular weight is 342 g/mol. The quantitative estimate of drug-likeness (QED) is 0.565. The summed E-state index contributed by atoms with van der Waals surface area (Å²) in [5, 5.41) is 12.5. The number of carboxylic acid groups (broad SMARTS) is 1. The van der Waals surface area contributed by atoms with Crippen LogP contribution in [-0.4, -0.2) is 36.4 Å². The molecule has 7 heteroatoms. The molecule has 2 aromatic rings. The van der Waals surface area contributed by atoms with Crippen LogP contribution in [0.4, 0.5) is 0 Å².